The Balaban J connectivity index is 0. The SMILES string of the molecule is Nc1ncnc2c1ncn2C(CO)OC(CO)COP(=O)(O)OP(=O)(O)OP(=O)(O)O.[Na].[Na].[Na]. The Hall–Kier alpha value is 1.64. The maximum absolute atomic E-state index is 11.7. The number of aliphatic hydroxyl groups is 2. The molecule has 3 radical (unpaired) electrons. The second kappa shape index (κ2) is 15.9. The molecular formula is C10H18N5Na3O13P3. The minimum atomic E-state index is -5.69. The van der Waals surface area contributed by atoms with Crippen LogP contribution in [0.2, 0.25) is 0 Å². The van der Waals surface area contributed by atoms with Crippen LogP contribution in [-0.4, -0.2) is 164 Å². The van der Waals surface area contributed by atoms with Crippen LogP contribution in [0.3, 0.4) is 0 Å². The first kappa shape index (κ1) is 37.8. The molecule has 2 aromatic rings. The van der Waals surface area contributed by atoms with Crippen molar-refractivity contribution in [3.8, 4) is 0 Å². The zero-order valence-corrected chi connectivity index (χ0v) is 26.9. The molecule has 4 unspecified atom stereocenters. The molecule has 0 saturated heterocycles. The molecule has 0 saturated carbocycles. The Morgan fingerprint density at radius 1 is 0.941 bits per heavy atom. The molecule has 0 aromatic carbocycles. The van der Waals surface area contributed by atoms with Gasteiger partial charge in [0, 0.05) is 88.7 Å². The minimum absolute atomic E-state index is 0. The number of rotatable bonds is 12. The van der Waals surface area contributed by atoms with E-state index in [1.807, 2.05) is 0 Å². The smallest absolute Gasteiger partial charge is 0.394 e. The summed E-state index contributed by atoms with van der Waals surface area (Å²) in [7, 11) is -16.6. The van der Waals surface area contributed by atoms with E-state index in [9.17, 15) is 28.8 Å². The number of phosphoric ester groups is 1. The number of phosphoric acid groups is 3. The first-order chi connectivity index (χ1) is 14.3. The molecule has 0 aliphatic rings. The van der Waals surface area contributed by atoms with Gasteiger partial charge in [-0.15, -0.1) is 0 Å². The van der Waals surface area contributed by atoms with E-state index in [0.29, 0.717) is 0 Å². The molecule has 0 aliphatic carbocycles. The number of ether oxygens (including phenoxy) is 1. The van der Waals surface area contributed by atoms with E-state index in [4.69, 9.17) is 25.2 Å². The summed E-state index contributed by atoms with van der Waals surface area (Å²) in [6.07, 6.45) is -0.309. The van der Waals surface area contributed by atoms with Crippen molar-refractivity contribution in [3.05, 3.63) is 12.7 Å². The first-order valence-electron chi connectivity index (χ1n) is 7.85. The number of hydrogen-bond donors (Lipinski definition) is 7. The van der Waals surface area contributed by atoms with Crippen molar-refractivity contribution >= 4 is 129 Å². The number of nitrogen functional groups attached to an aromatic ring is 1. The monoisotopic (exact) mass is 578 g/mol. The van der Waals surface area contributed by atoms with Crippen LogP contribution in [0.4, 0.5) is 5.82 Å². The molecule has 24 heteroatoms. The third kappa shape index (κ3) is 12.0. The largest absolute Gasteiger partial charge is 0.490 e. The fraction of sp³-hybridized carbons (Fsp3) is 0.500. The molecule has 2 rings (SSSR count). The summed E-state index contributed by atoms with van der Waals surface area (Å²) in [6.45, 7) is -2.43. The molecular weight excluding hydrogens is 560 g/mol. The maximum Gasteiger partial charge on any atom is 0.490 e. The van der Waals surface area contributed by atoms with E-state index in [1.54, 1.807) is 0 Å². The number of fused-ring (bicyclic) bond motifs is 1. The number of aliphatic hydroxyl groups excluding tert-OH is 2. The van der Waals surface area contributed by atoms with Crippen molar-refractivity contribution in [1.82, 2.24) is 19.5 Å². The fourth-order valence-corrected chi connectivity index (χ4v) is 5.16. The van der Waals surface area contributed by atoms with Gasteiger partial charge in [0.1, 0.15) is 17.9 Å². The predicted molar refractivity (Wildman–Crippen MR) is 115 cm³/mol. The van der Waals surface area contributed by atoms with E-state index in [-0.39, 0.29) is 106 Å². The number of aromatic nitrogens is 4. The summed E-state index contributed by atoms with van der Waals surface area (Å²) in [5, 5.41) is 19.0. The molecule has 2 aromatic heterocycles. The van der Waals surface area contributed by atoms with Gasteiger partial charge in [0.2, 0.25) is 0 Å². The normalized spacial score (nSPS) is 16.8. The molecule has 2 heterocycles. The van der Waals surface area contributed by atoms with Gasteiger partial charge in [-0.1, -0.05) is 0 Å². The topological polar surface area (TPSA) is 279 Å². The number of nitrogens with two attached hydrogens (primary N) is 1. The van der Waals surface area contributed by atoms with Crippen LogP contribution in [0.1, 0.15) is 6.23 Å². The van der Waals surface area contributed by atoms with E-state index in [2.05, 4.69) is 28.1 Å². The number of anilines is 1. The zero-order valence-electron chi connectivity index (χ0n) is 18.2. The Kier molecular flexibility index (Phi) is 17.7. The summed E-state index contributed by atoms with van der Waals surface area (Å²) in [6, 6.07) is 0. The van der Waals surface area contributed by atoms with Crippen LogP contribution in [0, 0.1) is 0 Å². The van der Waals surface area contributed by atoms with E-state index in [0.717, 1.165) is 6.33 Å². The molecule has 0 fully saturated rings. The molecule has 0 bridgehead atoms. The summed E-state index contributed by atoms with van der Waals surface area (Å²) in [4.78, 5) is 47.2. The number of imidazole rings is 1. The third-order valence-electron chi connectivity index (χ3n) is 3.25. The van der Waals surface area contributed by atoms with Gasteiger partial charge in [0.25, 0.3) is 0 Å². The van der Waals surface area contributed by atoms with E-state index in [1.165, 1.54) is 10.9 Å². The van der Waals surface area contributed by atoms with Crippen molar-refractivity contribution in [2.45, 2.75) is 12.3 Å². The van der Waals surface area contributed by atoms with Crippen LogP contribution in [-0.2, 0) is 31.6 Å². The average Bonchev–Trinajstić information content (AvgIpc) is 3.04. The number of nitrogens with zero attached hydrogens (tertiary/aromatic N) is 4. The maximum atomic E-state index is 11.7. The first-order valence-corrected chi connectivity index (χ1v) is 12.4. The Morgan fingerprint density at radius 2 is 1.56 bits per heavy atom. The van der Waals surface area contributed by atoms with Crippen LogP contribution >= 0.6 is 23.5 Å². The van der Waals surface area contributed by atoms with Gasteiger partial charge < -0.3 is 40.3 Å². The van der Waals surface area contributed by atoms with Crippen LogP contribution in [0.15, 0.2) is 12.7 Å². The Labute approximate surface area is 257 Å². The van der Waals surface area contributed by atoms with Gasteiger partial charge in [-0.25, -0.2) is 28.6 Å². The number of hydrogen-bond acceptors (Lipinski definition) is 13. The van der Waals surface area contributed by atoms with Gasteiger partial charge in [-0.05, 0) is 0 Å². The van der Waals surface area contributed by atoms with Crippen LogP contribution < -0.4 is 5.73 Å². The van der Waals surface area contributed by atoms with Gasteiger partial charge in [0.15, 0.2) is 17.7 Å². The second-order valence-electron chi connectivity index (χ2n) is 5.55. The molecule has 0 aliphatic heterocycles. The zero-order chi connectivity index (χ0) is 23.4. The fourth-order valence-electron chi connectivity index (χ4n) is 2.12. The van der Waals surface area contributed by atoms with Crippen LogP contribution in [0.5, 0.6) is 0 Å². The molecule has 0 amide bonds. The van der Waals surface area contributed by atoms with Gasteiger partial charge in [-0.3, -0.25) is 9.09 Å². The Bertz CT molecular complexity index is 1060. The molecule has 179 valence electrons. The second-order valence-corrected chi connectivity index (χ2v) is 9.97. The quantitative estimate of drug-likeness (QED) is 0.101. The minimum Gasteiger partial charge on any atom is -0.394 e. The standard InChI is InChI=1S/C10H18N5O13P3.3Na/c11-9-8-10(13-4-12-9)15(5-14-8)7(2-17)26-6(1-16)3-25-30(21,22)28-31(23,24)27-29(18,19)20;;;/h4-7,16-17H,1-3H2,(H,21,22)(H,23,24)(H2,11,12,13)(H2,18,19,20);;;. The summed E-state index contributed by atoms with van der Waals surface area (Å²) in [5.41, 5.74) is 6.01. The van der Waals surface area contributed by atoms with Crippen molar-refractivity contribution in [2.75, 3.05) is 25.6 Å². The predicted octanol–water partition coefficient (Wildman–Crippen LogP) is -2.52. The van der Waals surface area contributed by atoms with Gasteiger partial charge >= 0.3 is 23.5 Å². The van der Waals surface area contributed by atoms with Gasteiger partial charge in [0.05, 0.1) is 26.1 Å². The van der Waals surface area contributed by atoms with Crippen molar-refractivity contribution in [1.29, 1.82) is 0 Å². The third-order valence-corrected chi connectivity index (χ3v) is 7.05. The molecule has 34 heavy (non-hydrogen) atoms. The molecule has 18 nitrogen and oxygen atoms in total. The van der Waals surface area contributed by atoms with Crippen LogP contribution in [0.25, 0.3) is 11.2 Å². The van der Waals surface area contributed by atoms with Crippen molar-refractivity contribution in [2.24, 2.45) is 0 Å². The van der Waals surface area contributed by atoms with Gasteiger partial charge in [-0.2, -0.15) is 8.62 Å². The molecule has 8 N–H and O–H groups in total. The van der Waals surface area contributed by atoms with E-state index >= 15 is 0 Å². The van der Waals surface area contributed by atoms with Crippen molar-refractivity contribution < 1.29 is 61.4 Å². The summed E-state index contributed by atoms with van der Waals surface area (Å²) in [5.74, 6) is 0.0480. The van der Waals surface area contributed by atoms with E-state index < -0.39 is 55.6 Å². The average molecular weight is 578 g/mol. The van der Waals surface area contributed by atoms with Crippen molar-refractivity contribution in [3.63, 3.8) is 0 Å². The summed E-state index contributed by atoms with van der Waals surface area (Å²) >= 11 is 0. The summed E-state index contributed by atoms with van der Waals surface area (Å²) < 4.78 is 51.7. The molecule has 0 spiro atoms. The Morgan fingerprint density at radius 3 is 2.09 bits per heavy atom. The molecule has 4 atom stereocenters.